The Bertz CT molecular complexity index is 281. The van der Waals surface area contributed by atoms with Crippen molar-refractivity contribution < 1.29 is 19.1 Å². The van der Waals surface area contributed by atoms with Crippen molar-refractivity contribution in [2.75, 3.05) is 20.3 Å². The molecule has 0 bridgehead atoms. The fourth-order valence-corrected chi connectivity index (χ4v) is 2.43. The molecule has 0 aromatic heterocycles. The van der Waals surface area contributed by atoms with E-state index in [1.807, 2.05) is 0 Å². The van der Waals surface area contributed by atoms with Crippen LogP contribution >= 0.6 is 0 Å². The zero-order chi connectivity index (χ0) is 11.0. The highest BCUT2D eigenvalue weighted by Crippen LogP contribution is 2.52. The first kappa shape index (κ1) is 10.4. The molecule has 5 heteroatoms. The van der Waals surface area contributed by atoms with Crippen molar-refractivity contribution in [1.82, 2.24) is 5.32 Å². The second kappa shape index (κ2) is 3.81. The van der Waals surface area contributed by atoms with Crippen molar-refractivity contribution in [2.45, 2.75) is 13.0 Å². The normalized spacial score (nSPS) is 34.1. The molecular formula is C10H15NO4. The van der Waals surface area contributed by atoms with Gasteiger partial charge in [-0.1, -0.05) is 0 Å². The molecule has 0 spiro atoms. The van der Waals surface area contributed by atoms with E-state index in [0.29, 0.717) is 25.0 Å². The van der Waals surface area contributed by atoms with E-state index >= 15 is 0 Å². The predicted octanol–water partition coefficient (Wildman–Crippen LogP) is 0.192. The fourth-order valence-electron chi connectivity index (χ4n) is 2.43. The lowest BCUT2D eigenvalue weighted by atomic mass is 10.1. The Hall–Kier alpha value is -1.10. The van der Waals surface area contributed by atoms with Crippen LogP contribution < -0.4 is 5.32 Å². The maximum absolute atomic E-state index is 11.4. The summed E-state index contributed by atoms with van der Waals surface area (Å²) < 4.78 is 9.74. The van der Waals surface area contributed by atoms with E-state index in [1.165, 1.54) is 14.0 Å². The molecule has 1 amide bonds. The van der Waals surface area contributed by atoms with Crippen LogP contribution in [0.15, 0.2) is 0 Å². The minimum absolute atomic E-state index is 0.0141. The third-order valence-corrected chi connectivity index (χ3v) is 3.30. The molecule has 1 N–H and O–H groups in total. The molecule has 84 valence electrons. The average molecular weight is 213 g/mol. The predicted molar refractivity (Wildman–Crippen MR) is 51.3 cm³/mol. The summed E-state index contributed by atoms with van der Waals surface area (Å²) in [4.78, 5) is 22.5. The van der Waals surface area contributed by atoms with Crippen molar-refractivity contribution in [3.8, 4) is 0 Å². The van der Waals surface area contributed by atoms with E-state index in [-0.39, 0.29) is 11.7 Å². The number of Topliss-reactive ketones (excluding diaryl/α,β-unsaturated/α-hetero) is 1. The van der Waals surface area contributed by atoms with E-state index in [9.17, 15) is 9.59 Å². The van der Waals surface area contributed by atoms with Gasteiger partial charge in [0.25, 0.3) is 0 Å². The minimum atomic E-state index is -0.541. The molecule has 15 heavy (non-hydrogen) atoms. The number of amides is 1. The third kappa shape index (κ3) is 1.84. The minimum Gasteiger partial charge on any atom is -0.453 e. The van der Waals surface area contributed by atoms with Crippen LogP contribution in [0.4, 0.5) is 4.79 Å². The highest BCUT2D eigenvalue weighted by molar-refractivity contribution is 5.86. The Labute approximate surface area is 88.1 Å². The summed E-state index contributed by atoms with van der Waals surface area (Å²) in [5, 5.41) is 2.59. The standard InChI is InChI=1S/C10H15NO4/c1-5(12)9(11-10(13)14-2)8-6-3-15-4-7(6)8/h6-9H,3-4H2,1-2H3,(H,11,13)/t6-,7+,8?,9?. The topological polar surface area (TPSA) is 64.6 Å². The van der Waals surface area contributed by atoms with Crippen molar-refractivity contribution in [1.29, 1.82) is 0 Å². The third-order valence-electron chi connectivity index (χ3n) is 3.30. The number of carbonyl (C=O) groups excluding carboxylic acids is 2. The van der Waals surface area contributed by atoms with Crippen LogP contribution in [0, 0.1) is 17.8 Å². The number of methoxy groups -OCH3 is 1. The van der Waals surface area contributed by atoms with Gasteiger partial charge >= 0.3 is 6.09 Å². The molecule has 1 saturated heterocycles. The molecule has 2 unspecified atom stereocenters. The molecule has 1 aliphatic carbocycles. The fraction of sp³-hybridized carbons (Fsp3) is 0.800. The number of ketones is 1. The van der Waals surface area contributed by atoms with Crippen LogP contribution in [0.2, 0.25) is 0 Å². The van der Waals surface area contributed by atoms with E-state index < -0.39 is 12.1 Å². The summed E-state index contributed by atoms with van der Waals surface area (Å²) in [6, 6.07) is -0.406. The Balaban J connectivity index is 1.96. The maximum atomic E-state index is 11.4. The van der Waals surface area contributed by atoms with Gasteiger partial charge in [-0.05, 0) is 24.7 Å². The Morgan fingerprint density at radius 1 is 1.40 bits per heavy atom. The number of ether oxygens (including phenoxy) is 2. The number of hydrogen-bond acceptors (Lipinski definition) is 4. The van der Waals surface area contributed by atoms with Crippen molar-refractivity contribution >= 4 is 11.9 Å². The lowest BCUT2D eigenvalue weighted by molar-refractivity contribution is -0.119. The summed E-state index contributed by atoms with van der Waals surface area (Å²) in [5.41, 5.74) is 0. The van der Waals surface area contributed by atoms with Gasteiger partial charge in [0.2, 0.25) is 0 Å². The molecule has 1 saturated carbocycles. The van der Waals surface area contributed by atoms with Gasteiger partial charge in [-0.25, -0.2) is 4.79 Å². The Morgan fingerprint density at radius 2 is 2.00 bits per heavy atom. The van der Waals surface area contributed by atoms with E-state index in [2.05, 4.69) is 10.1 Å². The molecule has 4 atom stereocenters. The van der Waals surface area contributed by atoms with Gasteiger partial charge in [-0.2, -0.15) is 0 Å². The largest absolute Gasteiger partial charge is 0.453 e. The first-order valence-corrected chi connectivity index (χ1v) is 5.08. The lowest BCUT2D eigenvalue weighted by Crippen LogP contribution is -2.42. The number of nitrogens with one attached hydrogen (secondary N) is 1. The van der Waals surface area contributed by atoms with E-state index in [4.69, 9.17) is 4.74 Å². The smallest absolute Gasteiger partial charge is 0.407 e. The Kier molecular flexibility index (Phi) is 2.65. The van der Waals surface area contributed by atoms with Gasteiger partial charge < -0.3 is 14.8 Å². The van der Waals surface area contributed by atoms with Crippen LogP contribution in [0.5, 0.6) is 0 Å². The zero-order valence-electron chi connectivity index (χ0n) is 8.86. The van der Waals surface area contributed by atoms with Gasteiger partial charge in [0.05, 0.1) is 26.4 Å². The van der Waals surface area contributed by atoms with Gasteiger partial charge in [0, 0.05) is 0 Å². The molecule has 1 aliphatic heterocycles. The summed E-state index contributed by atoms with van der Waals surface area (Å²) >= 11 is 0. The second-order valence-corrected chi connectivity index (χ2v) is 4.17. The van der Waals surface area contributed by atoms with Crippen molar-refractivity contribution in [2.24, 2.45) is 17.8 Å². The Morgan fingerprint density at radius 3 is 2.47 bits per heavy atom. The molecule has 0 aromatic rings. The van der Waals surface area contributed by atoms with Gasteiger partial charge in [0.15, 0.2) is 5.78 Å². The SMILES string of the molecule is COC(=O)NC(C(C)=O)C1[C@H]2COC[C@@H]12. The molecule has 5 nitrogen and oxygen atoms in total. The molecule has 0 radical (unpaired) electrons. The molecule has 1 heterocycles. The lowest BCUT2D eigenvalue weighted by Gasteiger charge is -2.16. The van der Waals surface area contributed by atoms with Gasteiger partial charge in [-0.3, -0.25) is 4.79 Å². The molecule has 2 fully saturated rings. The molecule has 0 aromatic carbocycles. The van der Waals surface area contributed by atoms with Gasteiger partial charge in [-0.15, -0.1) is 0 Å². The number of hydrogen-bond donors (Lipinski definition) is 1. The van der Waals surface area contributed by atoms with Crippen molar-refractivity contribution in [3.05, 3.63) is 0 Å². The molecule has 2 aliphatic rings. The monoisotopic (exact) mass is 213 g/mol. The van der Waals surface area contributed by atoms with Crippen LogP contribution in [0.1, 0.15) is 6.92 Å². The van der Waals surface area contributed by atoms with Crippen LogP contribution in [-0.4, -0.2) is 38.2 Å². The van der Waals surface area contributed by atoms with Crippen LogP contribution in [0.3, 0.4) is 0 Å². The highest BCUT2D eigenvalue weighted by Gasteiger charge is 2.58. The molecule has 2 rings (SSSR count). The van der Waals surface area contributed by atoms with E-state index in [1.54, 1.807) is 0 Å². The van der Waals surface area contributed by atoms with Crippen LogP contribution in [-0.2, 0) is 14.3 Å². The number of fused-ring (bicyclic) bond motifs is 1. The number of carbonyl (C=O) groups is 2. The number of rotatable bonds is 3. The van der Waals surface area contributed by atoms with Crippen LogP contribution in [0.25, 0.3) is 0 Å². The zero-order valence-corrected chi connectivity index (χ0v) is 8.86. The second-order valence-electron chi connectivity index (χ2n) is 4.17. The number of alkyl carbamates (subject to hydrolysis) is 1. The van der Waals surface area contributed by atoms with Gasteiger partial charge in [0.1, 0.15) is 0 Å². The maximum Gasteiger partial charge on any atom is 0.407 e. The first-order chi connectivity index (χ1) is 7.15. The summed E-state index contributed by atoms with van der Waals surface area (Å²) in [5.74, 6) is 1.11. The summed E-state index contributed by atoms with van der Waals surface area (Å²) in [6.07, 6.45) is -0.541. The first-order valence-electron chi connectivity index (χ1n) is 5.08. The van der Waals surface area contributed by atoms with E-state index in [0.717, 1.165) is 0 Å². The summed E-state index contributed by atoms with van der Waals surface area (Å²) in [6.45, 7) is 2.92. The highest BCUT2D eigenvalue weighted by atomic mass is 16.5. The van der Waals surface area contributed by atoms with Crippen molar-refractivity contribution in [3.63, 3.8) is 0 Å². The summed E-state index contributed by atoms with van der Waals surface area (Å²) in [7, 11) is 1.30. The molecular weight excluding hydrogens is 198 g/mol. The average Bonchev–Trinajstić information content (AvgIpc) is 2.68. The quantitative estimate of drug-likeness (QED) is 0.727.